The van der Waals surface area contributed by atoms with E-state index in [0.29, 0.717) is 29.3 Å². The quantitative estimate of drug-likeness (QED) is 0.708. The van der Waals surface area contributed by atoms with Crippen LogP contribution in [0, 0.1) is 0 Å². The molecule has 0 bridgehead atoms. The first-order chi connectivity index (χ1) is 12.5. The van der Waals surface area contributed by atoms with Gasteiger partial charge in [0.25, 0.3) is 5.56 Å². The first-order valence-electron chi connectivity index (χ1n) is 8.72. The van der Waals surface area contributed by atoms with Crippen molar-refractivity contribution in [3.63, 3.8) is 0 Å². The highest BCUT2D eigenvalue weighted by atomic mass is 32.1. The van der Waals surface area contributed by atoms with E-state index in [9.17, 15) is 9.59 Å². The molecule has 1 amide bonds. The Kier molecular flexibility index (Phi) is 4.34. The van der Waals surface area contributed by atoms with Crippen molar-refractivity contribution >= 4 is 28.1 Å². The van der Waals surface area contributed by atoms with Crippen LogP contribution < -0.4 is 16.2 Å². The zero-order valence-corrected chi connectivity index (χ0v) is 15.4. The molecule has 0 radical (unpaired) electrons. The number of primary amides is 1. The van der Waals surface area contributed by atoms with Crippen molar-refractivity contribution in [3.8, 4) is 0 Å². The van der Waals surface area contributed by atoms with Crippen LogP contribution >= 0.6 is 11.3 Å². The Labute approximate surface area is 154 Å². The van der Waals surface area contributed by atoms with E-state index in [0.717, 1.165) is 13.0 Å². The molecule has 3 aromatic rings. The standard InChI is InChI=1S/C19H20N4O2S/c1-12-13-7-9-26-16(13)6-8-22(12)11-18-21-15-5-3-2-4-14(15)19(25)23(18)10-17(20)24/h2-5,7,9,12H,6,8,10-11H2,1H3,(H2,20,24)/p+1/t12-/m0/s1. The lowest BCUT2D eigenvalue weighted by atomic mass is 10.0. The van der Waals surface area contributed by atoms with Crippen molar-refractivity contribution in [2.45, 2.75) is 32.5 Å². The van der Waals surface area contributed by atoms with Gasteiger partial charge in [-0.2, -0.15) is 0 Å². The van der Waals surface area contributed by atoms with E-state index in [2.05, 4.69) is 18.4 Å². The average Bonchev–Trinajstić information content (AvgIpc) is 3.10. The third-order valence-corrected chi connectivity index (χ3v) is 6.17. The Bertz CT molecular complexity index is 1040. The van der Waals surface area contributed by atoms with Crippen molar-refractivity contribution in [1.29, 1.82) is 0 Å². The molecular formula is C19H21N4O2S+. The Morgan fingerprint density at radius 1 is 1.38 bits per heavy atom. The number of hydrogen-bond donors (Lipinski definition) is 2. The second-order valence-electron chi connectivity index (χ2n) is 6.76. The maximum Gasteiger partial charge on any atom is 0.262 e. The number of quaternary nitrogens is 1. The molecule has 0 saturated heterocycles. The lowest BCUT2D eigenvalue weighted by Crippen LogP contribution is -3.11. The Morgan fingerprint density at radius 3 is 3.00 bits per heavy atom. The maximum absolute atomic E-state index is 12.9. The van der Waals surface area contributed by atoms with Gasteiger partial charge in [0, 0.05) is 16.9 Å². The van der Waals surface area contributed by atoms with Crippen LogP contribution in [0.15, 0.2) is 40.5 Å². The number of rotatable bonds is 4. The highest BCUT2D eigenvalue weighted by Gasteiger charge is 2.29. The van der Waals surface area contributed by atoms with Gasteiger partial charge in [-0.05, 0) is 30.5 Å². The smallest absolute Gasteiger partial charge is 0.262 e. The van der Waals surface area contributed by atoms with Crippen LogP contribution in [0.3, 0.4) is 0 Å². The predicted molar refractivity (Wildman–Crippen MR) is 101 cm³/mol. The Hall–Kier alpha value is -2.51. The van der Waals surface area contributed by atoms with E-state index in [1.807, 2.05) is 23.5 Å². The number of nitrogens with zero attached hydrogens (tertiary/aromatic N) is 2. The SMILES string of the molecule is C[C@H]1c2ccsc2CC[NH+]1Cc1nc2ccccc2c(=O)n1CC(N)=O. The second kappa shape index (κ2) is 6.66. The summed E-state index contributed by atoms with van der Waals surface area (Å²) in [5.41, 5.74) is 7.22. The van der Waals surface area contributed by atoms with Crippen molar-refractivity contribution in [2.75, 3.05) is 6.54 Å². The van der Waals surface area contributed by atoms with Crippen molar-refractivity contribution < 1.29 is 9.69 Å². The van der Waals surface area contributed by atoms with Gasteiger partial charge in [0.05, 0.1) is 17.4 Å². The van der Waals surface area contributed by atoms with Gasteiger partial charge in [0.15, 0.2) is 5.82 Å². The van der Waals surface area contributed by atoms with Gasteiger partial charge < -0.3 is 10.6 Å². The number of hydrogen-bond acceptors (Lipinski definition) is 4. The number of nitrogens with two attached hydrogens (primary N) is 1. The number of carbonyl (C=O) groups is 1. The molecule has 0 saturated carbocycles. The Balaban J connectivity index is 1.76. The van der Waals surface area contributed by atoms with Gasteiger partial charge in [0.2, 0.25) is 5.91 Å². The molecule has 6 nitrogen and oxygen atoms in total. The van der Waals surface area contributed by atoms with E-state index in [-0.39, 0.29) is 12.1 Å². The van der Waals surface area contributed by atoms with Crippen molar-refractivity contribution in [3.05, 3.63) is 62.3 Å². The molecule has 26 heavy (non-hydrogen) atoms. The minimum Gasteiger partial charge on any atom is -0.368 e. The predicted octanol–water partition coefficient (Wildman–Crippen LogP) is 0.646. The number of amides is 1. The fourth-order valence-corrected chi connectivity index (χ4v) is 4.74. The van der Waals surface area contributed by atoms with Crippen LogP contribution in [0.5, 0.6) is 0 Å². The van der Waals surface area contributed by atoms with E-state index in [1.54, 1.807) is 12.1 Å². The molecule has 0 aliphatic carbocycles. The Morgan fingerprint density at radius 2 is 2.19 bits per heavy atom. The van der Waals surface area contributed by atoms with Gasteiger partial charge in [-0.15, -0.1) is 11.3 Å². The highest BCUT2D eigenvalue weighted by Crippen LogP contribution is 2.24. The summed E-state index contributed by atoms with van der Waals surface area (Å²) in [5, 5.41) is 2.65. The number of fused-ring (bicyclic) bond motifs is 2. The minimum atomic E-state index is -0.535. The summed E-state index contributed by atoms with van der Waals surface area (Å²) < 4.78 is 1.44. The van der Waals surface area contributed by atoms with E-state index < -0.39 is 5.91 Å². The normalized spacial score (nSPS) is 19.4. The van der Waals surface area contributed by atoms with Gasteiger partial charge in [-0.1, -0.05) is 12.1 Å². The summed E-state index contributed by atoms with van der Waals surface area (Å²) in [6.45, 7) is 3.63. The van der Waals surface area contributed by atoms with Crippen LogP contribution in [-0.2, 0) is 24.3 Å². The summed E-state index contributed by atoms with van der Waals surface area (Å²) in [4.78, 5) is 31.9. The maximum atomic E-state index is 12.9. The molecule has 7 heteroatoms. The number of para-hydroxylation sites is 1. The van der Waals surface area contributed by atoms with E-state index in [4.69, 9.17) is 10.7 Å². The zero-order valence-electron chi connectivity index (χ0n) is 14.6. The molecule has 3 heterocycles. The second-order valence-corrected chi connectivity index (χ2v) is 7.76. The topological polar surface area (TPSA) is 82.4 Å². The van der Waals surface area contributed by atoms with Gasteiger partial charge in [-0.3, -0.25) is 14.2 Å². The van der Waals surface area contributed by atoms with Gasteiger partial charge >= 0.3 is 0 Å². The molecule has 1 aromatic carbocycles. The fourth-order valence-electron chi connectivity index (χ4n) is 3.76. The molecule has 1 unspecified atom stereocenters. The number of nitrogens with one attached hydrogen (secondary N) is 1. The highest BCUT2D eigenvalue weighted by molar-refractivity contribution is 7.10. The molecule has 2 aromatic heterocycles. The summed E-state index contributed by atoms with van der Waals surface area (Å²) >= 11 is 1.81. The lowest BCUT2D eigenvalue weighted by Gasteiger charge is -2.30. The molecule has 4 rings (SSSR count). The van der Waals surface area contributed by atoms with Gasteiger partial charge in [0.1, 0.15) is 19.1 Å². The summed E-state index contributed by atoms with van der Waals surface area (Å²) in [6, 6.07) is 9.76. The number of aromatic nitrogens is 2. The molecule has 0 fully saturated rings. The molecule has 0 spiro atoms. The van der Waals surface area contributed by atoms with Gasteiger partial charge in [-0.25, -0.2) is 4.98 Å². The third kappa shape index (κ3) is 2.93. The molecule has 134 valence electrons. The van der Waals surface area contributed by atoms with E-state index >= 15 is 0 Å². The molecule has 1 aliphatic heterocycles. The monoisotopic (exact) mass is 369 g/mol. The number of carbonyl (C=O) groups excluding carboxylic acids is 1. The minimum absolute atomic E-state index is 0.142. The molecule has 3 N–H and O–H groups in total. The molecule has 1 aliphatic rings. The molecular weight excluding hydrogens is 348 g/mol. The fraction of sp³-hybridized carbons (Fsp3) is 0.316. The average molecular weight is 369 g/mol. The third-order valence-electron chi connectivity index (χ3n) is 5.17. The number of benzene rings is 1. The van der Waals surface area contributed by atoms with Crippen LogP contribution in [0.2, 0.25) is 0 Å². The first-order valence-corrected chi connectivity index (χ1v) is 9.60. The summed E-state index contributed by atoms with van der Waals surface area (Å²) in [7, 11) is 0. The number of thiophene rings is 1. The lowest BCUT2D eigenvalue weighted by molar-refractivity contribution is -0.945. The first kappa shape index (κ1) is 16.9. The van der Waals surface area contributed by atoms with Crippen LogP contribution in [-0.4, -0.2) is 22.0 Å². The summed E-state index contributed by atoms with van der Waals surface area (Å²) in [6.07, 6.45) is 1.03. The van der Waals surface area contributed by atoms with Crippen LogP contribution in [0.25, 0.3) is 10.9 Å². The van der Waals surface area contributed by atoms with Crippen molar-refractivity contribution in [2.24, 2.45) is 5.73 Å². The van der Waals surface area contributed by atoms with Crippen molar-refractivity contribution in [1.82, 2.24) is 9.55 Å². The van der Waals surface area contributed by atoms with E-state index in [1.165, 1.54) is 19.9 Å². The van der Waals surface area contributed by atoms with Crippen LogP contribution in [0.4, 0.5) is 0 Å². The van der Waals surface area contributed by atoms with Crippen LogP contribution in [0.1, 0.15) is 29.2 Å². The summed E-state index contributed by atoms with van der Waals surface area (Å²) in [5.74, 6) is 0.0836. The molecule has 2 atom stereocenters. The zero-order chi connectivity index (χ0) is 18.3. The largest absolute Gasteiger partial charge is 0.368 e.